The fourth-order valence-corrected chi connectivity index (χ4v) is 6.72. The fourth-order valence-electron chi connectivity index (χ4n) is 6.52. The van der Waals surface area contributed by atoms with Crippen LogP contribution in [0.1, 0.15) is 87.2 Å². The maximum atomic E-state index is 12.8. The van der Waals surface area contributed by atoms with Crippen molar-refractivity contribution in [3.05, 3.63) is 81.1 Å². The number of hydrogen-bond donors (Lipinski definition) is 1. The first-order valence-electron chi connectivity index (χ1n) is 15.5. The molecule has 7 heteroatoms. The molecule has 5 rings (SSSR count). The van der Waals surface area contributed by atoms with Crippen LogP contribution in [0.4, 0.5) is 5.69 Å². The number of fused-ring (bicyclic) bond motifs is 1. The lowest BCUT2D eigenvalue weighted by Gasteiger charge is -2.41. The van der Waals surface area contributed by atoms with Gasteiger partial charge in [-0.25, -0.2) is 4.79 Å². The number of pyridine rings is 1. The molecular formula is C36H46ClN3O3. The highest BCUT2D eigenvalue weighted by molar-refractivity contribution is 6.31. The Kier molecular flexibility index (Phi) is 8.95. The Morgan fingerprint density at radius 2 is 1.74 bits per heavy atom. The first kappa shape index (κ1) is 31.5. The topological polar surface area (TPSA) is 65.9 Å². The van der Waals surface area contributed by atoms with E-state index < -0.39 is 17.7 Å². The van der Waals surface area contributed by atoms with E-state index in [-0.39, 0.29) is 5.41 Å². The maximum Gasteiger partial charge on any atom is 0.337 e. The monoisotopic (exact) mass is 603 g/mol. The number of carbonyl (C=O) groups is 1. The molecule has 0 unspecified atom stereocenters. The van der Waals surface area contributed by atoms with Gasteiger partial charge in [0.15, 0.2) is 6.10 Å². The summed E-state index contributed by atoms with van der Waals surface area (Å²) in [7, 11) is 0. The predicted octanol–water partition coefficient (Wildman–Crippen LogP) is 8.14. The lowest BCUT2D eigenvalue weighted by atomic mass is 9.81. The zero-order valence-electron chi connectivity index (χ0n) is 26.8. The van der Waals surface area contributed by atoms with Crippen LogP contribution in [0, 0.1) is 19.3 Å². The van der Waals surface area contributed by atoms with Crippen LogP contribution in [-0.2, 0) is 29.0 Å². The second-order valence-electron chi connectivity index (χ2n) is 14.1. The molecule has 2 aromatic carbocycles. The smallest absolute Gasteiger partial charge is 0.337 e. The van der Waals surface area contributed by atoms with Crippen LogP contribution in [0.2, 0.25) is 5.02 Å². The van der Waals surface area contributed by atoms with E-state index in [2.05, 4.69) is 54.8 Å². The van der Waals surface area contributed by atoms with Crippen LogP contribution < -0.4 is 4.90 Å². The molecule has 0 aliphatic carbocycles. The van der Waals surface area contributed by atoms with E-state index in [0.717, 1.165) is 85.1 Å². The van der Waals surface area contributed by atoms with Gasteiger partial charge in [0.25, 0.3) is 0 Å². The van der Waals surface area contributed by atoms with Gasteiger partial charge in [-0.1, -0.05) is 61.8 Å². The molecule has 0 spiro atoms. The van der Waals surface area contributed by atoms with Gasteiger partial charge < -0.3 is 14.7 Å². The van der Waals surface area contributed by atoms with Crippen LogP contribution >= 0.6 is 11.6 Å². The van der Waals surface area contributed by atoms with Gasteiger partial charge in [-0.2, -0.15) is 0 Å². The van der Waals surface area contributed by atoms with Crippen molar-refractivity contribution in [3.63, 3.8) is 0 Å². The number of aliphatic carboxylic acids is 1. The Balaban J connectivity index is 1.57. The number of aromatic nitrogens is 1. The van der Waals surface area contributed by atoms with E-state index in [4.69, 9.17) is 21.3 Å². The lowest BCUT2D eigenvalue weighted by molar-refractivity contribution is -0.160. The first-order valence-corrected chi connectivity index (χ1v) is 15.8. The third-order valence-corrected chi connectivity index (χ3v) is 9.28. The van der Waals surface area contributed by atoms with E-state index >= 15 is 0 Å². The number of aryl methyl sites for hydroxylation is 2. The summed E-state index contributed by atoms with van der Waals surface area (Å²) in [4.78, 5) is 22.6. The molecule has 0 bridgehead atoms. The number of halogens is 1. The molecule has 6 nitrogen and oxygen atoms in total. The second-order valence-corrected chi connectivity index (χ2v) is 14.5. The van der Waals surface area contributed by atoms with Crippen LogP contribution in [0.15, 0.2) is 42.5 Å². The lowest BCUT2D eigenvalue weighted by Crippen LogP contribution is -2.39. The van der Waals surface area contributed by atoms with Crippen LogP contribution in [0.25, 0.3) is 11.1 Å². The highest BCUT2D eigenvalue weighted by Gasteiger charge is 2.36. The zero-order valence-corrected chi connectivity index (χ0v) is 27.5. The molecule has 2 aliphatic rings. The minimum absolute atomic E-state index is 0.254. The van der Waals surface area contributed by atoms with Gasteiger partial charge in [-0.3, -0.25) is 9.88 Å². The Hall–Kier alpha value is -2.93. The summed E-state index contributed by atoms with van der Waals surface area (Å²) < 4.78 is 6.25. The van der Waals surface area contributed by atoms with Gasteiger partial charge in [-0.05, 0) is 87.6 Å². The van der Waals surface area contributed by atoms with Gasteiger partial charge in [0, 0.05) is 60.3 Å². The van der Waals surface area contributed by atoms with Crippen molar-refractivity contribution < 1.29 is 14.6 Å². The minimum atomic E-state index is -1.12. The maximum absolute atomic E-state index is 12.8. The number of carboxylic acids is 1. The van der Waals surface area contributed by atoms with Crippen LogP contribution in [0.5, 0.6) is 0 Å². The van der Waals surface area contributed by atoms with Crippen molar-refractivity contribution in [2.45, 2.75) is 92.5 Å². The van der Waals surface area contributed by atoms with Crippen molar-refractivity contribution >= 4 is 23.3 Å². The van der Waals surface area contributed by atoms with E-state index in [0.29, 0.717) is 11.3 Å². The highest BCUT2D eigenvalue weighted by Crippen LogP contribution is 2.45. The summed E-state index contributed by atoms with van der Waals surface area (Å²) in [5.41, 5.74) is 8.80. The van der Waals surface area contributed by atoms with E-state index in [9.17, 15) is 9.90 Å². The SMILES string of the molecule is Cc1nc(C)c([C@H](OC(C)(C)C)C(=O)O)c(N2CCC(C)(C)CC2)c1-c1ccc2c(c1)CCN(Cc1ccccc1Cl)C2. The van der Waals surface area contributed by atoms with Crippen molar-refractivity contribution in [1.82, 2.24) is 9.88 Å². The summed E-state index contributed by atoms with van der Waals surface area (Å²) in [6, 6.07) is 14.8. The van der Waals surface area contributed by atoms with Gasteiger partial charge in [0.05, 0.1) is 11.3 Å². The largest absolute Gasteiger partial charge is 0.479 e. The van der Waals surface area contributed by atoms with Gasteiger partial charge in [-0.15, -0.1) is 0 Å². The number of nitrogens with zero attached hydrogens (tertiary/aromatic N) is 3. The molecule has 0 amide bonds. The molecular weight excluding hydrogens is 558 g/mol. The number of piperidine rings is 1. The standard InChI is InChI=1S/C36H46ClN3O3/c1-23-30(26-12-13-27-21-39(17-14-25(27)20-26)22-28-10-8-9-11-29(28)37)32(40-18-15-36(6,7)16-19-40)31(24(2)38-23)33(34(41)42)43-35(3,4)5/h8-13,20,33H,14-19,21-22H2,1-7H3,(H,41,42)/t33-/m0/s1. The van der Waals surface area contributed by atoms with Gasteiger partial charge in [0.1, 0.15) is 0 Å². The average molecular weight is 604 g/mol. The van der Waals surface area contributed by atoms with Crippen molar-refractivity contribution in [2.24, 2.45) is 5.41 Å². The van der Waals surface area contributed by atoms with Crippen molar-refractivity contribution in [2.75, 3.05) is 24.5 Å². The minimum Gasteiger partial charge on any atom is -0.479 e. The Morgan fingerprint density at radius 1 is 1.05 bits per heavy atom. The van der Waals surface area contributed by atoms with E-state index in [1.54, 1.807) is 0 Å². The normalized spacial score (nSPS) is 17.9. The summed E-state index contributed by atoms with van der Waals surface area (Å²) >= 11 is 6.46. The second kappa shape index (κ2) is 12.2. The summed E-state index contributed by atoms with van der Waals surface area (Å²) in [5.74, 6) is -0.989. The molecule has 1 aromatic heterocycles. The molecule has 1 saturated heterocycles. The van der Waals surface area contributed by atoms with Crippen LogP contribution in [0.3, 0.4) is 0 Å². The number of benzene rings is 2. The molecule has 3 aromatic rings. The average Bonchev–Trinajstić information content (AvgIpc) is 2.92. The number of ether oxygens (including phenoxy) is 1. The fraction of sp³-hybridized carbons (Fsp3) is 0.500. The predicted molar refractivity (Wildman–Crippen MR) is 175 cm³/mol. The third-order valence-electron chi connectivity index (χ3n) is 8.91. The third kappa shape index (κ3) is 7.08. The van der Waals surface area contributed by atoms with E-state index in [1.807, 2.05) is 45.9 Å². The number of carboxylic acid groups (broad SMARTS) is 1. The van der Waals surface area contributed by atoms with Gasteiger partial charge in [0.2, 0.25) is 0 Å². The van der Waals surface area contributed by atoms with Crippen molar-refractivity contribution in [3.8, 4) is 11.1 Å². The van der Waals surface area contributed by atoms with Gasteiger partial charge >= 0.3 is 5.97 Å². The molecule has 0 radical (unpaired) electrons. The molecule has 230 valence electrons. The summed E-state index contributed by atoms with van der Waals surface area (Å²) in [5, 5.41) is 11.3. The zero-order chi connectivity index (χ0) is 31.1. The Labute approximate surface area is 262 Å². The molecule has 3 heterocycles. The molecule has 1 fully saturated rings. The molecule has 0 saturated carbocycles. The summed E-state index contributed by atoms with van der Waals surface area (Å²) in [6.45, 7) is 18.7. The number of anilines is 1. The highest BCUT2D eigenvalue weighted by atomic mass is 35.5. The number of rotatable bonds is 7. The Morgan fingerprint density at radius 3 is 2.40 bits per heavy atom. The summed E-state index contributed by atoms with van der Waals surface area (Å²) in [6.07, 6.45) is 1.90. The van der Waals surface area contributed by atoms with E-state index in [1.165, 1.54) is 11.1 Å². The van der Waals surface area contributed by atoms with Crippen molar-refractivity contribution in [1.29, 1.82) is 0 Å². The molecule has 2 aliphatic heterocycles. The molecule has 1 N–H and O–H groups in total. The van der Waals surface area contributed by atoms with Crippen LogP contribution in [-0.4, -0.2) is 46.2 Å². The molecule has 43 heavy (non-hydrogen) atoms. The Bertz CT molecular complexity index is 1500. The quantitative estimate of drug-likeness (QED) is 0.294. The first-order chi connectivity index (χ1) is 20.2. The molecule has 1 atom stereocenters. The number of hydrogen-bond acceptors (Lipinski definition) is 5.